The van der Waals surface area contributed by atoms with Gasteiger partial charge in [0.2, 0.25) is 5.79 Å². The van der Waals surface area contributed by atoms with Gasteiger partial charge in [0.05, 0.1) is 38.9 Å². The molecule has 0 aromatic carbocycles. The van der Waals surface area contributed by atoms with Crippen molar-refractivity contribution in [2.24, 2.45) is 0 Å². The lowest BCUT2D eigenvalue weighted by Crippen LogP contribution is -2.71. The summed E-state index contributed by atoms with van der Waals surface area (Å²) in [6.07, 6.45) is -19.8. The second-order valence-corrected chi connectivity index (χ2v) is 9.81. The Hall–Kier alpha value is -3.13. The molecule has 0 spiro atoms. The summed E-state index contributed by atoms with van der Waals surface area (Å²) >= 11 is 0. The zero-order valence-electron chi connectivity index (χ0n) is 22.3. The van der Waals surface area contributed by atoms with Gasteiger partial charge in [-0.25, -0.2) is 38.7 Å². The molecule has 44 heavy (non-hydrogen) atoms. The van der Waals surface area contributed by atoms with Crippen LogP contribution >= 0.6 is 0 Å². The van der Waals surface area contributed by atoms with Crippen LogP contribution in [0.25, 0.3) is 0 Å². The summed E-state index contributed by atoms with van der Waals surface area (Å²) in [6, 6.07) is 0. The average molecular weight is 646 g/mol. The fourth-order valence-corrected chi connectivity index (χ4v) is 4.24. The van der Waals surface area contributed by atoms with Gasteiger partial charge in [-0.3, -0.25) is 9.53 Å². The number of aliphatic hydroxyl groups is 9. The van der Waals surface area contributed by atoms with Gasteiger partial charge in [0, 0.05) is 0 Å². The van der Waals surface area contributed by atoms with Crippen LogP contribution in [0, 0.1) is 0 Å². The summed E-state index contributed by atoms with van der Waals surface area (Å²) < 4.78 is 20.7. The van der Waals surface area contributed by atoms with Crippen LogP contribution in [-0.2, 0) is 62.5 Å². The standard InChI is InChI=1S/C22H30O22/c23-5-8-14(30)16(32)18(34)22(38-8,44-21(7-25)17(33)15(31)9(6-24)37-21)39-12(28)3-20(36)4-13(29)42-40-10(26)1-2-11(27)41-43-19(20)35/h8-9,14-18,23-25,30-34,36H,1-7H2/t8-,9-,14-,15-,16+,17+,18-,20?,21?,22+/m1/s1. The first-order valence-electron chi connectivity index (χ1n) is 12.6. The topological polar surface area (TPSA) is 341 Å². The van der Waals surface area contributed by atoms with E-state index in [0.29, 0.717) is 0 Å². The van der Waals surface area contributed by atoms with E-state index in [0.717, 1.165) is 0 Å². The first-order chi connectivity index (χ1) is 20.6. The van der Waals surface area contributed by atoms with Crippen LogP contribution in [0.15, 0.2) is 0 Å². The minimum absolute atomic E-state index is 0.677. The largest absolute Gasteiger partial charge is 0.405 e. The zero-order valence-corrected chi connectivity index (χ0v) is 22.3. The van der Waals surface area contributed by atoms with E-state index in [2.05, 4.69) is 19.6 Å². The normalized spacial score (nSPS) is 40.5. The van der Waals surface area contributed by atoms with Crippen molar-refractivity contribution in [2.75, 3.05) is 19.8 Å². The molecule has 3 saturated heterocycles. The van der Waals surface area contributed by atoms with Gasteiger partial charge in [0.1, 0.15) is 43.2 Å². The highest BCUT2D eigenvalue weighted by Crippen LogP contribution is 2.42. The second-order valence-electron chi connectivity index (χ2n) is 9.81. The van der Waals surface area contributed by atoms with Crippen molar-refractivity contribution in [2.45, 2.75) is 85.8 Å². The highest BCUT2D eigenvalue weighted by molar-refractivity contribution is 5.90. The molecule has 0 radical (unpaired) electrons. The van der Waals surface area contributed by atoms with Gasteiger partial charge in [-0.15, -0.1) is 0 Å². The fourth-order valence-electron chi connectivity index (χ4n) is 4.24. The molecule has 3 heterocycles. The highest BCUT2D eigenvalue weighted by atomic mass is 17.2. The number of hydrogen-bond donors (Lipinski definition) is 9. The maximum Gasteiger partial charge on any atom is 0.387 e. The number of carbonyl (C=O) groups is 5. The molecule has 3 aliphatic rings. The number of rotatable bonds is 8. The minimum Gasteiger partial charge on any atom is -0.405 e. The molecule has 3 rings (SSSR count). The Kier molecular flexibility index (Phi) is 11.2. The zero-order chi connectivity index (χ0) is 33.0. The molecule has 22 nitrogen and oxygen atoms in total. The Morgan fingerprint density at radius 2 is 1.30 bits per heavy atom. The van der Waals surface area contributed by atoms with E-state index >= 15 is 0 Å². The number of carbonyl (C=O) groups excluding carboxylic acids is 5. The van der Waals surface area contributed by atoms with Gasteiger partial charge in [0.25, 0.3) is 0 Å². The second kappa shape index (κ2) is 13.9. The molecular formula is C22H30O22. The van der Waals surface area contributed by atoms with Gasteiger partial charge in [-0.1, -0.05) is 0 Å². The number of ether oxygens (including phenoxy) is 4. The smallest absolute Gasteiger partial charge is 0.387 e. The van der Waals surface area contributed by atoms with Crippen LogP contribution in [0.4, 0.5) is 0 Å². The Bertz CT molecular complexity index is 1100. The van der Waals surface area contributed by atoms with Crippen LogP contribution in [0.1, 0.15) is 25.7 Å². The van der Waals surface area contributed by atoms with E-state index in [4.69, 9.17) is 18.9 Å². The lowest BCUT2D eigenvalue weighted by molar-refractivity contribution is -0.498. The summed E-state index contributed by atoms with van der Waals surface area (Å²) in [7, 11) is 0. The summed E-state index contributed by atoms with van der Waals surface area (Å²) in [5.74, 6) is -14.6. The monoisotopic (exact) mass is 646 g/mol. The molecule has 0 aromatic rings. The van der Waals surface area contributed by atoms with E-state index in [1.807, 2.05) is 0 Å². The molecule has 22 heteroatoms. The molecule has 0 aliphatic carbocycles. The summed E-state index contributed by atoms with van der Waals surface area (Å²) in [5.41, 5.74) is -3.37. The van der Waals surface area contributed by atoms with Crippen molar-refractivity contribution in [1.82, 2.24) is 0 Å². The molecule has 0 amide bonds. The number of aliphatic hydroxyl groups excluding tert-OH is 8. The van der Waals surface area contributed by atoms with Crippen LogP contribution in [0.5, 0.6) is 0 Å². The first-order valence-corrected chi connectivity index (χ1v) is 12.6. The molecule has 0 aromatic heterocycles. The third-order valence-electron chi connectivity index (χ3n) is 6.61. The summed E-state index contributed by atoms with van der Waals surface area (Å²) in [6.45, 7) is -3.59. The Labute approximate surface area is 244 Å². The van der Waals surface area contributed by atoms with Gasteiger partial charge < -0.3 is 60.2 Å². The predicted octanol–water partition coefficient (Wildman–Crippen LogP) is -7.22. The van der Waals surface area contributed by atoms with Gasteiger partial charge in [-0.2, -0.15) is 0 Å². The van der Waals surface area contributed by atoms with Crippen LogP contribution in [-0.4, -0.2) is 156 Å². The lowest BCUT2D eigenvalue weighted by Gasteiger charge is -2.49. The van der Waals surface area contributed by atoms with Crippen LogP contribution in [0.3, 0.4) is 0 Å². The van der Waals surface area contributed by atoms with Crippen molar-refractivity contribution < 1.29 is 108 Å². The van der Waals surface area contributed by atoms with E-state index in [1.165, 1.54) is 0 Å². The number of hydrogen-bond acceptors (Lipinski definition) is 22. The van der Waals surface area contributed by atoms with Crippen LogP contribution in [0.2, 0.25) is 0 Å². The quantitative estimate of drug-likeness (QED) is 0.0671. The van der Waals surface area contributed by atoms with Crippen molar-refractivity contribution in [3.05, 3.63) is 0 Å². The molecule has 10 atom stereocenters. The molecule has 3 fully saturated rings. The summed E-state index contributed by atoms with van der Waals surface area (Å²) in [4.78, 5) is 77.6. The molecular weight excluding hydrogens is 616 g/mol. The highest BCUT2D eigenvalue weighted by Gasteiger charge is 2.66. The fraction of sp³-hybridized carbons (Fsp3) is 0.773. The average Bonchev–Trinajstić information content (AvgIpc) is 3.22. The Morgan fingerprint density at radius 3 is 1.84 bits per heavy atom. The van der Waals surface area contributed by atoms with Gasteiger partial charge >= 0.3 is 35.8 Å². The minimum atomic E-state index is -3.54. The van der Waals surface area contributed by atoms with Crippen molar-refractivity contribution >= 4 is 29.8 Å². The Morgan fingerprint density at radius 1 is 0.750 bits per heavy atom. The lowest BCUT2D eigenvalue weighted by atomic mass is 9.95. The van der Waals surface area contributed by atoms with E-state index in [1.54, 1.807) is 0 Å². The predicted molar refractivity (Wildman–Crippen MR) is 121 cm³/mol. The van der Waals surface area contributed by atoms with Gasteiger partial charge in [-0.05, 0) is 0 Å². The molecule has 0 saturated carbocycles. The molecule has 9 N–H and O–H groups in total. The van der Waals surface area contributed by atoms with Crippen LogP contribution < -0.4 is 0 Å². The number of esters is 1. The Balaban J connectivity index is 1.97. The third-order valence-corrected chi connectivity index (χ3v) is 6.61. The molecule has 2 unspecified atom stereocenters. The molecule has 0 bridgehead atoms. The first kappa shape index (κ1) is 35.4. The van der Waals surface area contributed by atoms with Crippen molar-refractivity contribution in [3.63, 3.8) is 0 Å². The van der Waals surface area contributed by atoms with Crippen molar-refractivity contribution in [3.8, 4) is 0 Å². The van der Waals surface area contributed by atoms with Gasteiger partial charge in [0.15, 0.2) is 11.7 Å². The molecule has 3 aliphatic heterocycles. The van der Waals surface area contributed by atoms with Crippen molar-refractivity contribution in [1.29, 1.82) is 0 Å². The third kappa shape index (κ3) is 7.22. The summed E-state index contributed by atoms with van der Waals surface area (Å²) in [5, 5.41) is 92.1. The SMILES string of the molecule is O=C1CCC(=O)OOC(=O)C(O)(CC(=O)O[C@@]2(OC3(CO)O[C@H](CO)[C@@H](O)[C@@H]3O)O[C@H](CO)[C@@H](O)[C@H](O)[C@H]2O)CC(=O)OO1. The van der Waals surface area contributed by atoms with E-state index < -0.39 is 135 Å². The maximum atomic E-state index is 13.1. The van der Waals surface area contributed by atoms with E-state index in [9.17, 15) is 69.9 Å². The maximum absolute atomic E-state index is 13.1. The molecule has 250 valence electrons. The van der Waals surface area contributed by atoms with E-state index in [-0.39, 0.29) is 0 Å².